The molecule has 1 atom stereocenters. The number of nitrogens with one attached hydrogen (secondary N) is 1. The van der Waals surface area contributed by atoms with Crippen molar-refractivity contribution in [2.75, 3.05) is 18.4 Å². The summed E-state index contributed by atoms with van der Waals surface area (Å²) in [5, 5.41) is 4.06. The Hall–Kier alpha value is -1.85. The highest BCUT2D eigenvalue weighted by Crippen LogP contribution is 2.24. The molecule has 1 aromatic carbocycles. The first-order valence-corrected chi connectivity index (χ1v) is 8.62. The number of nitrogens with zero attached hydrogens (tertiary/aromatic N) is 3. The number of hydrogen-bond donors (Lipinski definition) is 1. The predicted octanol–water partition coefficient (Wildman–Crippen LogP) is 4.40. The predicted molar refractivity (Wildman–Crippen MR) is 96.1 cm³/mol. The molecule has 1 unspecified atom stereocenters. The molecule has 0 saturated carbocycles. The summed E-state index contributed by atoms with van der Waals surface area (Å²) in [7, 11) is 0. The van der Waals surface area contributed by atoms with Gasteiger partial charge in [0.1, 0.15) is 5.69 Å². The van der Waals surface area contributed by atoms with Gasteiger partial charge in [-0.25, -0.2) is 9.97 Å². The minimum absolute atomic E-state index is 0.0591. The summed E-state index contributed by atoms with van der Waals surface area (Å²) in [6, 6.07) is 6.72. The van der Waals surface area contributed by atoms with Gasteiger partial charge in [-0.1, -0.05) is 30.1 Å². The highest BCUT2D eigenvalue weighted by atomic mass is 35.5. The molecule has 2 heterocycles. The van der Waals surface area contributed by atoms with E-state index in [9.17, 15) is 4.79 Å². The third-order valence-corrected chi connectivity index (χ3v) is 4.37. The van der Waals surface area contributed by atoms with Crippen molar-refractivity contribution in [1.82, 2.24) is 14.9 Å². The lowest BCUT2D eigenvalue weighted by Crippen LogP contribution is -2.39. The monoisotopic (exact) mass is 364 g/mol. The largest absolute Gasteiger partial charge is 0.337 e. The highest BCUT2D eigenvalue weighted by Gasteiger charge is 2.23. The van der Waals surface area contributed by atoms with Gasteiger partial charge < -0.3 is 10.2 Å². The molecule has 0 aliphatic carbocycles. The van der Waals surface area contributed by atoms with Crippen LogP contribution in [0.3, 0.4) is 0 Å². The van der Waals surface area contributed by atoms with Crippen molar-refractivity contribution >= 4 is 40.7 Å². The van der Waals surface area contributed by atoms with E-state index in [1.165, 1.54) is 0 Å². The second-order valence-electron chi connectivity index (χ2n) is 6.05. The Balaban J connectivity index is 1.77. The summed E-state index contributed by atoms with van der Waals surface area (Å²) < 4.78 is 0. The van der Waals surface area contributed by atoms with Gasteiger partial charge in [0.25, 0.3) is 5.91 Å². The van der Waals surface area contributed by atoms with E-state index in [1.807, 2.05) is 4.90 Å². The lowest BCUT2D eigenvalue weighted by atomic mass is 10.00. The Morgan fingerprint density at radius 1 is 1.29 bits per heavy atom. The van der Waals surface area contributed by atoms with E-state index in [-0.39, 0.29) is 5.91 Å². The molecular formula is C17H18Cl2N4O. The normalized spacial score (nSPS) is 17.6. The summed E-state index contributed by atoms with van der Waals surface area (Å²) >= 11 is 12.0. The van der Waals surface area contributed by atoms with Gasteiger partial charge in [-0.05, 0) is 43.0 Å². The summed E-state index contributed by atoms with van der Waals surface area (Å²) in [4.78, 5) is 23.0. The smallest absolute Gasteiger partial charge is 0.272 e. The Morgan fingerprint density at radius 2 is 2.04 bits per heavy atom. The van der Waals surface area contributed by atoms with Gasteiger partial charge in [-0.15, -0.1) is 0 Å². The molecule has 5 nitrogen and oxygen atoms in total. The van der Waals surface area contributed by atoms with Crippen LogP contribution in [0.1, 0.15) is 30.3 Å². The summed E-state index contributed by atoms with van der Waals surface area (Å²) in [6.07, 6.45) is 3.77. The van der Waals surface area contributed by atoms with E-state index in [1.54, 1.807) is 30.5 Å². The molecule has 1 aromatic heterocycles. The van der Waals surface area contributed by atoms with Gasteiger partial charge in [0.05, 0.1) is 0 Å². The SMILES string of the molecule is CC1CCCN(C(=O)c2ccnc(Nc3cc(Cl)cc(Cl)c3)n2)C1. The van der Waals surface area contributed by atoms with E-state index >= 15 is 0 Å². The molecule has 7 heteroatoms. The molecule has 2 aromatic rings. The molecule has 0 bridgehead atoms. The van der Waals surface area contributed by atoms with E-state index in [0.717, 1.165) is 25.9 Å². The van der Waals surface area contributed by atoms with Gasteiger partial charge >= 0.3 is 0 Å². The molecule has 24 heavy (non-hydrogen) atoms. The van der Waals surface area contributed by atoms with Crippen LogP contribution >= 0.6 is 23.2 Å². The van der Waals surface area contributed by atoms with Crippen molar-refractivity contribution < 1.29 is 4.79 Å². The van der Waals surface area contributed by atoms with Crippen LogP contribution in [0.4, 0.5) is 11.6 Å². The molecule has 0 radical (unpaired) electrons. The summed E-state index contributed by atoms with van der Waals surface area (Å²) in [5.74, 6) is 0.802. The van der Waals surface area contributed by atoms with Crippen LogP contribution in [-0.2, 0) is 0 Å². The molecule has 1 fully saturated rings. The maximum atomic E-state index is 12.6. The molecular weight excluding hydrogens is 347 g/mol. The molecule has 1 saturated heterocycles. The molecule has 1 aliphatic heterocycles. The van der Waals surface area contributed by atoms with Crippen molar-refractivity contribution in [2.24, 2.45) is 5.92 Å². The summed E-state index contributed by atoms with van der Waals surface area (Å²) in [5.41, 5.74) is 1.05. The lowest BCUT2D eigenvalue weighted by Gasteiger charge is -2.30. The Labute approximate surface area is 151 Å². The van der Waals surface area contributed by atoms with E-state index in [4.69, 9.17) is 23.2 Å². The number of rotatable bonds is 3. The number of benzene rings is 1. The first-order chi connectivity index (χ1) is 11.5. The maximum Gasteiger partial charge on any atom is 0.272 e. The van der Waals surface area contributed by atoms with Crippen LogP contribution in [0.2, 0.25) is 10.0 Å². The van der Waals surface area contributed by atoms with Gasteiger partial charge in [-0.2, -0.15) is 0 Å². The second-order valence-corrected chi connectivity index (χ2v) is 6.92. The quantitative estimate of drug-likeness (QED) is 0.876. The molecule has 3 rings (SSSR count). The van der Waals surface area contributed by atoms with Crippen molar-refractivity contribution in [3.8, 4) is 0 Å². The zero-order valence-corrected chi connectivity index (χ0v) is 14.8. The number of aromatic nitrogens is 2. The average Bonchev–Trinajstić information content (AvgIpc) is 2.53. The van der Waals surface area contributed by atoms with Crippen molar-refractivity contribution in [3.05, 3.63) is 46.2 Å². The number of hydrogen-bond acceptors (Lipinski definition) is 4. The fourth-order valence-corrected chi connectivity index (χ4v) is 3.36. The molecule has 1 N–H and O–H groups in total. The number of carbonyl (C=O) groups is 1. The fourth-order valence-electron chi connectivity index (χ4n) is 2.83. The fraction of sp³-hybridized carbons (Fsp3) is 0.353. The molecule has 0 spiro atoms. The number of carbonyl (C=O) groups excluding carboxylic acids is 1. The number of halogens is 2. The molecule has 1 amide bonds. The first-order valence-electron chi connectivity index (χ1n) is 7.87. The van der Waals surface area contributed by atoms with Crippen LogP contribution in [0, 0.1) is 5.92 Å². The Kier molecular flexibility index (Phi) is 5.21. The van der Waals surface area contributed by atoms with Crippen molar-refractivity contribution in [3.63, 3.8) is 0 Å². The zero-order chi connectivity index (χ0) is 17.1. The van der Waals surface area contributed by atoms with Gasteiger partial charge in [0.2, 0.25) is 5.95 Å². The number of amides is 1. The Morgan fingerprint density at radius 3 is 2.75 bits per heavy atom. The van der Waals surface area contributed by atoms with Gasteiger partial charge in [0, 0.05) is 35.0 Å². The Bertz CT molecular complexity index is 733. The van der Waals surface area contributed by atoms with Crippen LogP contribution in [0.15, 0.2) is 30.5 Å². The van der Waals surface area contributed by atoms with E-state index in [0.29, 0.717) is 33.3 Å². The standard InChI is InChI=1S/C17H18Cl2N4O/c1-11-3-2-6-23(10-11)16(24)15-4-5-20-17(22-15)21-14-8-12(18)7-13(19)9-14/h4-5,7-9,11H,2-3,6,10H2,1H3,(H,20,21,22). The number of likely N-dealkylation sites (tertiary alicyclic amines) is 1. The third-order valence-electron chi connectivity index (χ3n) is 3.94. The maximum absolute atomic E-state index is 12.6. The van der Waals surface area contributed by atoms with Crippen molar-refractivity contribution in [2.45, 2.75) is 19.8 Å². The average molecular weight is 365 g/mol. The van der Waals surface area contributed by atoms with Crippen LogP contribution < -0.4 is 5.32 Å². The first kappa shape index (κ1) is 17.0. The number of piperidine rings is 1. The van der Waals surface area contributed by atoms with Gasteiger partial charge in [0.15, 0.2) is 0 Å². The molecule has 1 aliphatic rings. The van der Waals surface area contributed by atoms with E-state index < -0.39 is 0 Å². The topological polar surface area (TPSA) is 58.1 Å². The molecule has 126 valence electrons. The van der Waals surface area contributed by atoms with Gasteiger partial charge in [-0.3, -0.25) is 4.79 Å². The minimum Gasteiger partial charge on any atom is -0.337 e. The minimum atomic E-state index is -0.0591. The zero-order valence-electron chi connectivity index (χ0n) is 13.3. The second kappa shape index (κ2) is 7.36. The summed E-state index contributed by atoms with van der Waals surface area (Å²) in [6.45, 7) is 3.71. The van der Waals surface area contributed by atoms with Crippen LogP contribution in [0.25, 0.3) is 0 Å². The number of anilines is 2. The lowest BCUT2D eigenvalue weighted by molar-refractivity contribution is 0.0677. The van der Waals surface area contributed by atoms with E-state index in [2.05, 4.69) is 22.2 Å². The van der Waals surface area contributed by atoms with Crippen LogP contribution in [0.5, 0.6) is 0 Å². The van der Waals surface area contributed by atoms with Crippen molar-refractivity contribution in [1.29, 1.82) is 0 Å². The van der Waals surface area contributed by atoms with Crippen LogP contribution in [-0.4, -0.2) is 33.9 Å². The highest BCUT2D eigenvalue weighted by molar-refractivity contribution is 6.35. The third kappa shape index (κ3) is 4.16.